The number of allylic oxidation sites excluding steroid dienone is 1. The van der Waals surface area contributed by atoms with Crippen molar-refractivity contribution in [3.63, 3.8) is 0 Å². The fraction of sp³-hybridized carbons (Fsp3) is 0.194. The molecule has 210 valence electrons. The number of rotatable bonds is 8. The molecule has 2 heterocycles. The van der Waals surface area contributed by atoms with E-state index in [9.17, 15) is 9.59 Å². The topological polar surface area (TPSA) is 100 Å². The van der Waals surface area contributed by atoms with Crippen molar-refractivity contribution < 1.29 is 23.7 Å². The summed E-state index contributed by atoms with van der Waals surface area (Å²) in [7, 11) is 6.22. The minimum absolute atomic E-state index is 0.299. The average molecular weight is 572 g/mol. The van der Waals surface area contributed by atoms with Crippen molar-refractivity contribution in [2.75, 3.05) is 33.8 Å². The zero-order chi connectivity index (χ0) is 29.1. The molecule has 1 aliphatic rings. The smallest absolute Gasteiger partial charge is 0.271 e. The van der Waals surface area contributed by atoms with Gasteiger partial charge >= 0.3 is 0 Å². The largest absolute Gasteiger partial charge is 0.497 e. The first-order chi connectivity index (χ1) is 19.9. The Labute approximate surface area is 240 Å². The second kappa shape index (κ2) is 11.7. The lowest BCUT2D eigenvalue weighted by Crippen LogP contribution is -2.40. The molecular weight excluding hydrogens is 542 g/mol. The van der Waals surface area contributed by atoms with Gasteiger partial charge in [-0.3, -0.25) is 14.2 Å². The number of aromatic nitrogens is 1. The van der Waals surface area contributed by atoms with E-state index in [1.807, 2.05) is 30.3 Å². The minimum Gasteiger partial charge on any atom is -0.497 e. The number of anilines is 1. The lowest BCUT2D eigenvalue weighted by Gasteiger charge is -2.25. The SMILES string of the molecule is COc1ccc(C2C(C(=O)Nc3ccccc3)=C(C)N=c3sc(=Cc4c(OC)cc(OC)cc4OC)c(=O)n32)cc1. The Morgan fingerprint density at radius 3 is 2.12 bits per heavy atom. The summed E-state index contributed by atoms with van der Waals surface area (Å²) in [6.45, 7) is 1.78. The molecule has 0 fully saturated rings. The Balaban J connectivity index is 1.70. The summed E-state index contributed by atoms with van der Waals surface area (Å²) in [6.07, 6.45) is 1.72. The van der Waals surface area contributed by atoms with E-state index >= 15 is 0 Å². The maximum absolute atomic E-state index is 14.1. The average Bonchev–Trinajstić information content (AvgIpc) is 3.30. The molecule has 1 aliphatic heterocycles. The Hall–Kier alpha value is -4.83. The van der Waals surface area contributed by atoms with Crippen LogP contribution in [0.2, 0.25) is 0 Å². The van der Waals surface area contributed by atoms with Gasteiger partial charge in [-0.1, -0.05) is 41.7 Å². The zero-order valence-electron chi connectivity index (χ0n) is 23.3. The van der Waals surface area contributed by atoms with E-state index in [0.717, 1.165) is 5.56 Å². The fourth-order valence-electron chi connectivity index (χ4n) is 4.74. The molecule has 9 nitrogen and oxygen atoms in total. The van der Waals surface area contributed by atoms with Crippen LogP contribution >= 0.6 is 11.3 Å². The summed E-state index contributed by atoms with van der Waals surface area (Å²) in [5.74, 6) is 1.85. The molecule has 41 heavy (non-hydrogen) atoms. The van der Waals surface area contributed by atoms with Crippen LogP contribution in [0.3, 0.4) is 0 Å². The highest BCUT2D eigenvalue weighted by Crippen LogP contribution is 2.35. The van der Waals surface area contributed by atoms with Gasteiger partial charge in [-0.25, -0.2) is 4.99 Å². The van der Waals surface area contributed by atoms with Gasteiger partial charge in [0, 0.05) is 17.8 Å². The number of hydrogen-bond donors (Lipinski definition) is 1. The van der Waals surface area contributed by atoms with Gasteiger partial charge in [0.15, 0.2) is 4.80 Å². The third kappa shape index (κ3) is 5.33. The van der Waals surface area contributed by atoms with Gasteiger partial charge in [0.05, 0.1) is 55.8 Å². The van der Waals surface area contributed by atoms with Gasteiger partial charge in [0.25, 0.3) is 11.5 Å². The van der Waals surface area contributed by atoms with Gasteiger partial charge in [0.2, 0.25) is 0 Å². The number of carbonyl (C=O) groups excluding carboxylic acids is 1. The molecule has 1 unspecified atom stereocenters. The number of para-hydroxylation sites is 1. The molecule has 1 atom stereocenters. The summed E-state index contributed by atoms with van der Waals surface area (Å²) in [6, 6.07) is 19.2. The van der Waals surface area contributed by atoms with Gasteiger partial charge in [0.1, 0.15) is 23.0 Å². The van der Waals surface area contributed by atoms with Crippen LogP contribution in [0.25, 0.3) is 6.08 Å². The summed E-state index contributed by atoms with van der Waals surface area (Å²) >= 11 is 1.23. The molecule has 1 aromatic heterocycles. The van der Waals surface area contributed by atoms with Gasteiger partial charge < -0.3 is 24.3 Å². The van der Waals surface area contributed by atoms with Crippen LogP contribution in [-0.4, -0.2) is 38.9 Å². The first kappa shape index (κ1) is 27.7. The molecule has 4 aromatic rings. The van der Waals surface area contributed by atoms with Crippen molar-refractivity contribution in [3.05, 3.63) is 109 Å². The lowest BCUT2D eigenvalue weighted by molar-refractivity contribution is -0.113. The minimum atomic E-state index is -0.720. The van der Waals surface area contributed by atoms with E-state index in [1.165, 1.54) is 25.6 Å². The molecule has 5 rings (SSSR count). The van der Waals surface area contributed by atoms with E-state index in [1.54, 1.807) is 68.2 Å². The van der Waals surface area contributed by atoms with Crippen molar-refractivity contribution in [2.45, 2.75) is 13.0 Å². The number of fused-ring (bicyclic) bond motifs is 1. The molecule has 0 saturated heterocycles. The molecule has 1 N–H and O–H groups in total. The van der Waals surface area contributed by atoms with Gasteiger partial charge in [-0.2, -0.15) is 0 Å². The number of methoxy groups -OCH3 is 4. The standard InChI is InChI=1S/C31H29N3O6S/c1-18-27(29(35)33-20-9-7-6-8-10-20)28(19-11-13-21(37-2)14-12-19)34-30(36)26(41-31(34)32-18)17-23-24(39-4)15-22(38-3)16-25(23)40-5/h6-17,28H,1-5H3,(H,33,35). The number of nitrogens with zero attached hydrogens (tertiary/aromatic N) is 2. The summed E-state index contributed by atoms with van der Waals surface area (Å²) in [5.41, 5.74) is 2.56. The number of amides is 1. The molecule has 3 aromatic carbocycles. The first-order valence-electron chi connectivity index (χ1n) is 12.7. The normalized spacial score (nSPS) is 14.7. The number of ether oxygens (including phenoxy) is 4. The van der Waals surface area contributed by atoms with E-state index in [0.29, 0.717) is 54.9 Å². The highest BCUT2D eigenvalue weighted by molar-refractivity contribution is 7.07. The molecule has 0 bridgehead atoms. The van der Waals surface area contributed by atoms with Crippen LogP contribution in [0.5, 0.6) is 23.0 Å². The van der Waals surface area contributed by atoms with Crippen molar-refractivity contribution in [3.8, 4) is 23.0 Å². The first-order valence-corrected chi connectivity index (χ1v) is 13.5. The Bertz CT molecular complexity index is 1780. The second-order valence-corrected chi connectivity index (χ2v) is 10.1. The summed E-state index contributed by atoms with van der Waals surface area (Å²) in [4.78, 5) is 33.0. The van der Waals surface area contributed by atoms with Crippen LogP contribution in [0, 0.1) is 0 Å². The monoisotopic (exact) mass is 571 g/mol. The summed E-state index contributed by atoms with van der Waals surface area (Å²) < 4.78 is 23.8. The molecule has 1 amide bonds. The molecule has 0 aliphatic carbocycles. The molecule has 0 spiro atoms. The molecule has 0 radical (unpaired) electrons. The van der Waals surface area contributed by atoms with Crippen LogP contribution in [0.4, 0.5) is 5.69 Å². The van der Waals surface area contributed by atoms with E-state index in [2.05, 4.69) is 5.32 Å². The van der Waals surface area contributed by atoms with E-state index < -0.39 is 6.04 Å². The van der Waals surface area contributed by atoms with Crippen LogP contribution in [0.15, 0.2) is 87.8 Å². The number of thiazole rings is 1. The number of benzene rings is 3. The zero-order valence-corrected chi connectivity index (χ0v) is 24.1. The van der Waals surface area contributed by atoms with E-state index in [4.69, 9.17) is 23.9 Å². The molecule has 0 saturated carbocycles. The van der Waals surface area contributed by atoms with Crippen molar-refractivity contribution in [2.24, 2.45) is 4.99 Å². The van der Waals surface area contributed by atoms with Crippen molar-refractivity contribution >= 4 is 29.0 Å². The number of nitrogens with one attached hydrogen (secondary N) is 1. The predicted molar refractivity (Wildman–Crippen MR) is 158 cm³/mol. The highest BCUT2D eigenvalue weighted by Gasteiger charge is 2.32. The van der Waals surface area contributed by atoms with Crippen molar-refractivity contribution in [1.29, 1.82) is 0 Å². The quantitative estimate of drug-likeness (QED) is 0.344. The molecule has 10 heteroatoms. The van der Waals surface area contributed by atoms with Gasteiger partial charge in [-0.05, 0) is 42.8 Å². The third-order valence-corrected chi connectivity index (χ3v) is 7.74. The number of hydrogen-bond acceptors (Lipinski definition) is 8. The van der Waals surface area contributed by atoms with E-state index in [-0.39, 0.29) is 11.5 Å². The Morgan fingerprint density at radius 2 is 1.54 bits per heavy atom. The second-order valence-electron chi connectivity index (χ2n) is 9.12. The lowest BCUT2D eigenvalue weighted by atomic mass is 9.95. The van der Waals surface area contributed by atoms with Crippen LogP contribution in [0.1, 0.15) is 24.1 Å². The maximum atomic E-state index is 14.1. The number of carbonyl (C=O) groups is 1. The van der Waals surface area contributed by atoms with Crippen LogP contribution in [-0.2, 0) is 4.79 Å². The maximum Gasteiger partial charge on any atom is 0.271 e. The van der Waals surface area contributed by atoms with Crippen LogP contribution < -0.4 is 39.2 Å². The predicted octanol–water partition coefficient (Wildman–Crippen LogP) is 3.91. The van der Waals surface area contributed by atoms with Crippen molar-refractivity contribution in [1.82, 2.24) is 4.57 Å². The summed E-state index contributed by atoms with van der Waals surface area (Å²) in [5, 5.41) is 2.96. The highest BCUT2D eigenvalue weighted by atomic mass is 32.1. The third-order valence-electron chi connectivity index (χ3n) is 6.76. The molecular formula is C31H29N3O6S. The Kier molecular flexibility index (Phi) is 7.93. The fourth-order valence-corrected chi connectivity index (χ4v) is 5.77. The van der Waals surface area contributed by atoms with Gasteiger partial charge in [-0.15, -0.1) is 0 Å². The Morgan fingerprint density at radius 1 is 0.902 bits per heavy atom.